The van der Waals surface area contributed by atoms with Crippen LogP contribution in [0.5, 0.6) is 0 Å². The number of nitrogens with two attached hydrogens (primary N) is 1. The van der Waals surface area contributed by atoms with Crippen molar-refractivity contribution in [1.82, 2.24) is 0 Å². The molecule has 0 aliphatic heterocycles. The summed E-state index contributed by atoms with van der Waals surface area (Å²) in [6, 6.07) is 0. The lowest BCUT2D eigenvalue weighted by Crippen LogP contribution is -2.37. The minimum atomic E-state index is -4.16. The Balaban J connectivity index is 0. The summed E-state index contributed by atoms with van der Waals surface area (Å²) >= 11 is 0. The Morgan fingerprint density at radius 3 is 1.54 bits per heavy atom. The molecule has 0 unspecified atom stereocenters. The van der Waals surface area contributed by atoms with Gasteiger partial charge >= 0.3 is 10.4 Å². The van der Waals surface area contributed by atoms with E-state index >= 15 is 0 Å². The Morgan fingerprint density at radius 2 is 1.54 bits per heavy atom. The molecule has 82 valence electrons. The third kappa shape index (κ3) is 14.7. The Morgan fingerprint density at radius 1 is 1.38 bits per heavy atom. The van der Waals surface area contributed by atoms with Gasteiger partial charge in [0.2, 0.25) is 0 Å². The number of hydrogen-bond acceptors (Lipinski definition) is 4. The van der Waals surface area contributed by atoms with Gasteiger partial charge in [0, 0.05) is 5.54 Å². The van der Waals surface area contributed by atoms with Crippen LogP contribution in [0.1, 0.15) is 27.7 Å². The van der Waals surface area contributed by atoms with Gasteiger partial charge in [-0.25, -0.2) is 0 Å². The molecule has 0 saturated heterocycles. The first-order valence-corrected chi connectivity index (χ1v) is 5.19. The molecule has 0 aromatic carbocycles. The highest BCUT2D eigenvalue weighted by Gasteiger charge is 2.14. The molecule has 3 N–H and O–H groups in total. The molecule has 0 saturated carbocycles. The van der Waals surface area contributed by atoms with E-state index < -0.39 is 10.4 Å². The third-order valence-corrected chi connectivity index (χ3v) is 2.12. The van der Waals surface area contributed by atoms with Gasteiger partial charge in [-0.1, -0.05) is 13.8 Å². The second-order valence-corrected chi connectivity index (χ2v) is 4.76. The van der Waals surface area contributed by atoms with Crippen LogP contribution in [0.4, 0.5) is 0 Å². The molecule has 0 aromatic rings. The molecule has 0 heterocycles. The van der Waals surface area contributed by atoms with E-state index in [1.54, 1.807) is 0 Å². The molecule has 0 radical (unpaired) electrons. The zero-order chi connectivity index (χ0) is 11.3. The van der Waals surface area contributed by atoms with Gasteiger partial charge in [0.15, 0.2) is 0 Å². The van der Waals surface area contributed by atoms with E-state index in [1.807, 2.05) is 13.8 Å². The molecular formula is C7H19NO4S. The Bertz CT molecular complexity index is 215. The van der Waals surface area contributed by atoms with Crippen LogP contribution in [0.25, 0.3) is 0 Å². The highest BCUT2D eigenvalue weighted by atomic mass is 32.3. The minimum Gasteiger partial charge on any atom is -0.325 e. The molecule has 0 aliphatic rings. The fourth-order valence-corrected chi connectivity index (χ4v) is 0. The van der Waals surface area contributed by atoms with Gasteiger partial charge in [-0.15, -0.1) is 0 Å². The van der Waals surface area contributed by atoms with Crippen LogP contribution in [-0.2, 0) is 14.6 Å². The van der Waals surface area contributed by atoms with Crippen LogP contribution in [0.3, 0.4) is 0 Å². The van der Waals surface area contributed by atoms with Crippen molar-refractivity contribution in [1.29, 1.82) is 0 Å². The van der Waals surface area contributed by atoms with Gasteiger partial charge in [0.25, 0.3) is 0 Å². The molecular weight excluding hydrogens is 194 g/mol. The SMILES string of the molecule is CC(C)C(C)(C)N.COS(=O)(=O)O. The first kappa shape index (κ1) is 15.3. The minimum absolute atomic E-state index is 0. The van der Waals surface area contributed by atoms with Gasteiger partial charge in [0.1, 0.15) is 0 Å². The van der Waals surface area contributed by atoms with Crippen molar-refractivity contribution in [2.75, 3.05) is 7.11 Å². The van der Waals surface area contributed by atoms with Crippen molar-refractivity contribution in [3.8, 4) is 0 Å². The van der Waals surface area contributed by atoms with Crippen LogP contribution in [0.2, 0.25) is 0 Å². The van der Waals surface area contributed by atoms with Crippen molar-refractivity contribution in [3.05, 3.63) is 0 Å². The predicted octanol–water partition coefficient (Wildman–Crippen LogP) is 0.815. The second-order valence-electron chi connectivity index (χ2n) is 3.57. The zero-order valence-electron chi connectivity index (χ0n) is 8.73. The van der Waals surface area contributed by atoms with E-state index in [-0.39, 0.29) is 5.54 Å². The summed E-state index contributed by atoms with van der Waals surface area (Å²) in [4.78, 5) is 0. The standard InChI is InChI=1S/C6H15N.CH4O4S/c1-5(2)6(3,4)7;1-5-6(2,3)4/h5H,7H2,1-4H3;1H3,(H,2,3,4). The van der Waals surface area contributed by atoms with Crippen molar-refractivity contribution < 1.29 is 17.2 Å². The van der Waals surface area contributed by atoms with Crippen LogP contribution in [-0.4, -0.2) is 25.6 Å². The molecule has 0 bridgehead atoms. The molecule has 13 heavy (non-hydrogen) atoms. The largest absolute Gasteiger partial charge is 0.397 e. The molecule has 5 nitrogen and oxygen atoms in total. The van der Waals surface area contributed by atoms with E-state index in [0.29, 0.717) is 5.92 Å². The smallest absolute Gasteiger partial charge is 0.325 e. The summed E-state index contributed by atoms with van der Waals surface area (Å²) in [5.74, 6) is 0.576. The first-order valence-electron chi connectivity index (χ1n) is 3.82. The van der Waals surface area contributed by atoms with Crippen molar-refractivity contribution in [2.24, 2.45) is 11.7 Å². The monoisotopic (exact) mass is 213 g/mol. The highest BCUT2D eigenvalue weighted by Crippen LogP contribution is 2.09. The molecule has 0 amide bonds. The van der Waals surface area contributed by atoms with Gasteiger partial charge in [0.05, 0.1) is 7.11 Å². The average Bonchev–Trinajstić information content (AvgIpc) is 1.85. The third-order valence-electron chi connectivity index (χ3n) is 1.70. The van der Waals surface area contributed by atoms with Gasteiger partial charge in [-0.05, 0) is 19.8 Å². The quantitative estimate of drug-likeness (QED) is 0.663. The van der Waals surface area contributed by atoms with E-state index in [1.165, 1.54) is 0 Å². The highest BCUT2D eigenvalue weighted by molar-refractivity contribution is 7.80. The lowest BCUT2D eigenvalue weighted by atomic mass is 9.92. The zero-order valence-corrected chi connectivity index (χ0v) is 9.55. The Labute approximate surface area is 80.2 Å². The van der Waals surface area contributed by atoms with Gasteiger partial charge in [-0.3, -0.25) is 8.74 Å². The fraction of sp³-hybridized carbons (Fsp3) is 1.00. The number of rotatable bonds is 2. The second kappa shape index (κ2) is 5.54. The molecule has 0 rings (SSSR count). The Kier molecular flexibility index (Phi) is 6.52. The summed E-state index contributed by atoms with van der Waals surface area (Å²) in [5, 5.41) is 0. The van der Waals surface area contributed by atoms with Crippen LogP contribution in [0, 0.1) is 5.92 Å². The van der Waals surface area contributed by atoms with E-state index in [2.05, 4.69) is 18.0 Å². The van der Waals surface area contributed by atoms with Crippen molar-refractivity contribution in [3.63, 3.8) is 0 Å². The topological polar surface area (TPSA) is 89.6 Å². The maximum absolute atomic E-state index is 9.33. The van der Waals surface area contributed by atoms with E-state index in [9.17, 15) is 8.42 Å². The molecule has 0 aromatic heterocycles. The number of hydrogen-bond donors (Lipinski definition) is 2. The molecule has 0 fully saturated rings. The van der Waals surface area contributed by atoms with Crippen molar-refractivity contribution in [2.45, 2.75) is 33.2 Å². The van der Waals surface area contributed by atoms with Gasteiger partial charge in [-0.2, -0.15) is 8.42 Å². The maximum atomic E-state index is 9.33. The molecule has 0 atom stereocenters. The molecule has 6 heteroatoms. The van der Waals surface area contributed by atoms with Crippen molar-refractivity contribution >= 4 is 10.4 Å². The van der Waals surface area contributed by atoms with Crippen LogP contribution >= 0.6 is 0 Å². The van der Waals surface area contributed by atoms with E-state index in [4.69, 9.17) is 10.3 Å². The summed E-state index contributed by atoms with van der Waals surface area (Å²) < 4.78 is 29.7. The summed E-state index contributed by atoms with van der Waals surface area (Å²) in [5.41, 5.74) is 5.68. The van der Waals surface area contributed by atoms with Gasteiger partial charge < -0.3 is 5.73 Å². The van der Waals surface area contributed by atoms with E-state index in [0.717, 1.165) is 7.11 Å². The van der Waals surface area contributed by atoms with Crippen LogP contribution < -0.4 is 5.73 Å². The Hall–Kier alpha value is -0.170. The summed E-state index contributed by atoms with van der Waals surface area (Å²) in [6.45, 7) is 8.33. The lowest BCUT2D eigenvalue weighted by Gasteiger charge is -2.22. The first-order chi connectivity index (χ1) is 5.50. The summed E-state index contributed by atoms with van der Waals surface area (Å²) in [7, 11) is -3.29. The lowest BCUT2D eigenvalue weighted by molar-refractivity contribution is 0.324. The fourth-order valence-electron chi connectivity index (χ4n) is 0. The summed E-state index contributed by atoms with van der Waals surface area (Å²) in [6.07, 6.45) is 0. The molecule has 0 aliphatic carbocycles. The molecule has 0 spiro atoms. The normalized spacial score (nSPS) is 12.3. The maximum Gasteiger partial charge on any atom is 0.397 e. The average molecular weight is 213 g/mol. The van der Waals surface area contributed by atoms with Crippen LogP contribution in [0.15, 0.2) is 0 Å². The predicted molar refractivity (Wildman–Crippen MR) is 51.7 cm³/mol.